The van der Waals surface area contributed by atoms with Gasteiger partial charge in [-0.3, -0.25) is 9.59 Å². The van der Waals surface area contributed by atoms with E-state index < -0.39 is 0 Å². The molecule has 3 aliphatic rings. The molecule has 0 radical (unpaired) electrons. The number of piperidine rings is 1. The molecule has 0 aromatic heterocycles. The maximum absolute atomic E-state index is 13.6. The average Bonchev–Trinajstić information content (AvgIpc) is 3.48. The standard InChI is InChI=1S/C31H38N2O5/c34-27-13-12-25(38-20-24-9-2-1-3-10-24)19-26(27)30(36)33-17-15-28-31(22-33,16-6-18-37-28)21-32-29(35)14-11-23-7-4-5-8-23/h1-3,9-14,19,23,28,34H,4-8,15-18,20-22H2,(H,32,35)/b14-11+/t28-,31-/m1/s1. The number of amides is 2. The summed E-state index contributed by atoms with van der Waals surface area (Å²) in [6.07, 6.45) is 11.0. The summed E-state index contributed by atoms with van der Waals surface area (Å²) in [5.41, 5.74) is 0.902. The third-order valence-corrected chi connectivity index (χ3v) is 8.26. The Morgan fingerprint density at radius 2 is 1.92 bits per heavy atom. The molecule has 2 saturated heterocycles. The molecule has 1 saturated carbocycles. The normalized spacial score (nSPS) is 23.8. The SMILES string of the molecule is O=C(/C=C/C1CCCC1)NC[C@@]12CCCO[C@@H]1CCN(C(=O)c1cc(OCc3ccccc3)ccc1O)C2. The van der Waals surface area contributed by atoms with Gasteiger partial charge in [-0.25, -0.2) is 0 Å². The Labute approximate surface area is 224 Å². The zero-order valence-corrected chi connectivity index (χ0v) is 21.9. The highest BCUT2D eigenvalue weighted by atomic mass is 16.5. The van der Waals surface area contributed by atoms with Crippen molar-refractivity contribution in [3.8, 4) is 11.5 Å². The van der Waals surface area contributed by atoms with Crippen LogP contribution in [0.2, 0.25) is 0 Å². The number of benzene rings is 2. The maximum Gasteiger partial charge on any atom is 0.257 e. The van der Waals surface area contributed by atoms with Crippen molar-refractivity contribution in [2.24, 2.45) is 11.3 Å². The van der Waals surface area contributed by atoms with Crippen LogP contribution in [-0.2, 0) is 16.1 Å². The number of nitrogens with zero attached hydrogens (tertiary/aromatic N) is 1. The van der Waals surface area contributed by atoms with Gasteiger partial charge < -0.3 is 24.8 Å². The van der Waals surface area contributed by atoms with E-state index in [1.165, 1.54) is 18.9 Å². The van der Waals surface area contributed by atoms with Crippen LogP contribution in [0.25, 0.3) is 0 Å². The second-order valence-corrected chi connectivity index (χ2v) is 10.9. The number of phenolic OH excluding ortho intramolecular Hbond substituents is 1. The molecule has 2 aromatic carbocycles. The Morgan fingerprint density at radius 1 is 1.11 bits per heavy atom. The number of hydrogen-bond acceptors (Lipinski definition) is 5. The van der Waals surface area contributed by atoms with E-state index in [4.69, 9.17) is 9.47 Å². The second-order valence-electron chi connectivity index (χ2n) is 10.9. The summed E-state index contributed by atoms with van der Waals surface area (Å²) in [6, 6.07) is 14.6. The average molecular weight is 519 g/mol. The molecular formula is C31H38N2O5. The minimum Gasteiger partial charge on any atom is -0.507 e. The van der Waals surface area contributed by atoms with Crippen LogP contribution in [0.5, 0.6) is 11.5 Å². The van der Waals surface area contributed by atoms with Gasteiger partial charge in [-0.05, 0) is 67.9 Å². The zero-order valence-electron chi connectivity index (χ0n) is 21.9. The molecule has 5 rings (SSSR count). The first-order valence-corrected chi connectivity index (χ1v) is 13.9. The topological polar surface area (TPSA) is 88.1 Å². The van der Waals surface area contributed by atoms with Crippen molar-refractivity contribution < 1.29 is 24.2 Å². The third kappa shape index (κ3) is 6.21. The molecular weight excluding hydrogens is 480 g/mol. The number of carbonyl (C=O) groups excluding carboxylic acids is 2. The van der Waals surface area contributed by atoms with Gasteiger partial charge in [0.1, 0.15) is 18.1 Å². The van der Waals surface area contributed by atoms with Crippen molar-refractivity contribution in [1.29, 1.82) is 0 Å². The zero-order chi connectivity index (χ0) is 26.4. The van der Waals surface area contributed by atoms with Gasteiger partial charge in [-0.15, -0.1) is 0 Å². The smallest absolute Gasteiger partial charge is 0.257 e. The Kier molecular flexibility index (Phi) is 8.32. The number of phenols is 1. The van der Waals surface area contributed by atoms with E-state index >= 15 is 0 Å². The highest BCUT2D eigenvalue weighted by molar-refractivity contribution is 5.97. The largest absolute Gasteiger partial charge is 0.507 e. The van der Waals surface area contributed by atoms with Crippen molar-refractivity contribution in [3.05, 3.63) is 71.8 Å². The monoisotopic (exact) mass is 518 g/mol. The molecule has 2 heterocycles. The van der Waals surface area contributed by atoms with Crippen molar-refractivity contribution in [1.82, 2.24) is 10.2 Å². The van der Waals surface area contributed by atoms with Crippen LogP contribution >= 0.6 is 0 Å². The fourth-order valence-electron chi connectivity index (χ4n) is 6.10. The van der Waals surface area contributed by atoms with E-state index in [1.807, 2.05) is 36.4 Å². The molecule has 2 aliphatic heterocycles. The molecule has 2 atom stereocenters. The van der Waals surface area contributed by atoms with Crippen molar-refractivity contribution in [3.63, 3.8) is 0 Å². The van der Waals surface area contributed by atoms with E-state index in [2.05, 4.69) is 5.32 Å². The number of nitrogens with one attached hydrogen (secondary N) is 1. The third-order valence-electron chi connectivity index (χ3n) is 8.26. The predicted octanol–water partition coefficient (Wildman–Crippen LogP) is 4.85. The number of allylic oxidation sites excluding steroid dienone is 1. The highest BCUT2D eigenvalue weighted by Crippen LogP contribution is 2.40. The number of likely N-dealkylation sites (tertiary alicyclic amines) is 1. The molecule has 0 spiro atoms. The van der Waals surface area contributed by atoms with E-state index in [1.54, 1.807) is 23.1 Å². The summed E-state index contributed by atoms with van der Waals surface area (Å²) in [4.78, 5) is 28.0. The number of hydrogen-bond donors (Lipinski definition) is 2. The summed E-state index contributed by atoms with van der Waals surface area (Å²) >= 11 is 0. The van der Waals surface area contributed by atoms with E-state index in [0.29, 0.717) is 50.9 Å². The van der Waals surface area contributed by atoms with E-state index in [0.717, 1.165) is 31.2 Å². The maximum atomic E-state index is 13.6. The van der Waals surface area contributed by atoms with Gasteiger partial charge in [0.05, 0.1) is 11.7 Å². The van der Waals surface area contributed by atoms with Gasteiger partial charge in [-0.2, -0.15) is 0 Å². The number of aromatic hydroxyl groups is 1. The summed E-state index contributed by atoms with van der Waals surface area (Å²) in [7, 11) is 0. The van der Waals surface area contributed by atoms with Gasteiger partial charge in [0.2, 0.25) is 5.91 Å². The lowest BCUT2D eigenvalue weighted by atomic mass is 9.72. The second kappa shape index (κ2) is 12.0. The van der Waals surface area contributed by atoms with Crippen LogP contribution in [0.4, 0.5) is 0 Å². The predicted molar refractivity (Wildman–Crippen MR) is 145 cm³/mol. The Balaban J connectivity index is 1.25. The molecule has 7 nitrogen and oxygen atoms in total. The lowest BCUT2D eigenvalue weighted by molar-refractivity contribution is -0.127. The van der Waals surface area contributed by atoms with Crippen LogP contribution < -0.4 is 10.1 Å². The van der Waals surface area contributed by atoms with Crippen LogP contribution in [0.15, 0.2) is 60.7 Å². The molecule has 2 amide bonds. The van der Waals surface area contributed by atoms with E-state index in [9.17, 15) is 14.7 Å². The Morgan fingerprint density at radius 3 is 2.74 bits per heavy atom. The fraction of sp³-hybridized carbons (Fsp3) is 0.484. The van der Waals surface area contributed by atoms with E-state index in [-0.39, 0.29) is 34.6 Å². The molecule has 0 bridgehead atoms. The lowest BCUT2D eigenvalue weighted by Crippen LogP contribution is -2.60. The van der Waals surface area contributed by atoms with Gasteiger partial charge in [0.15, 0.2) is 0 Å². The summed E-state index contributed by atoms with van der Waals surface area (Å²) in [5, 5.41) is 13.7. The lowest BCUT2D eigenvalue weighted by Gasteiger charge is -2.50. The fourth-order valence-corrected chi connectivity index (χ4v) is 6.10. The number of carbonyl (C=O) groups is 2. The molecule has 0 unspecified atom stereocenters. The van der Waals surface area contributed by atoms with Crippen molar-refractivity contribution >= 4 is 11.8 Å². The van der Waals surface area contributed by atoms with Crippen LogP contribution in [-0.4, -0.2) is 54.2 Å². The van der Waals surface area contributed by atoms with Crippen molar-refractivity contribution in [2.75, 3.05) is 26.2 Å². The van der Waals surface area contributed by atoms with Crippen LogP contribution in [0, 0.1) is 11.3 Å². The summed E-state index contributed by atoms with van der Waals surface area (Å²) < 4.78 is 12.0. The number of ether oxygens (including phenoxy) is 2. The van der Waals surface area contributed by atoms with Crippen molar-refractivity contribution in [2.45, 2.75) is 57.7 Å². The summed E-state index contributed by atoms with van der Waals surface area (Å²) in [5.74, 6) is 0.654. The molecule has 7 heteroatoms. The van der Waals surface area contributed by atoms with Gasteiger partial charge in [0, 0.05) is 31.7 Å². The van der Waals surface area contributed by atoms with Gasteiger partial charge in [-0.1, -0.05) is 49.2 Å². The first-order chi connectivity index (χ1) is 18.5. The first kappa shape index (κ1) is 26.3. The van der Waals surface area contributed by atoms with Crippen LogP contribution in [0.1, 0.15) is 60.9 Å². The highest BCUT2D eigenvalue weighted by Gasteiger charge is 2.47. The summed E-state index contributed by atoms with van der Waals surface area (Å²) in [6.45, 7) is 2.55. The molecule has 2 aromatic rings. The molecule has 202 valence electrons. The first-order valence-electron chi connectivity index (χ1n) is 13.9. The number of rotatable bonds is 8. The molecule has 2 N–H and O–H groups in total. The minimum absolute atomic E-state index is 0.00597. The molecule has 38 heavy (non-hydrogen) atoms. The minimum atomic E-state index is -0.347. The molecule has 1 aliphatic carbocycles. The molecule has 3 fully saturated rings. The Bertz CT molecular complexity index is 1140. The van der Waals surface area contributed by atoms with Gasteiger partial charge in [0.25, 0.3) is 5.91 Å². The Hall–Kier alpha value is -3.32. The quantitative estimate of drug-likeness (QED) is 0.488. The van der Waals surface area contributed by atoms with Gasteiger partial charge >= 0.3 is 0 Å². The van der Waals surface area contributed by atoms with Crippen LogP contribution in [0.3, 0.4) is 0 Å². The number of fused-ring (bicyclic) bond motifs is 1.